The lowest BCUT2D eigenvalue weighted by atomic mass is 10.1. The standard InChI is InChI=1S/C27H21ClFN5O3/c1-36-27(35)19-7-5-17(6-8-19)13-34-14-23-25(33-34)26(31-16-30-23)32-21-9-10-24(22(28)12-21)37-15-18-3-2-4-20(29)11-18/h2-12,14,16H,13,15H2,1H3,(H,30,31,32). The molecule has 3 aromatic carbocycles. The highest BCUT2D eigenvalue weighted by Gasteiger charge is 2.12. The Kier molecular flexibility index (Phi) is 6.96. The number of halogens is 2. The molecule has 0 saturated heterocycles. The Hall–Kier alpha value is -4.50. The van der Waals surface area contributed by atoms with Gasteiger partial charge in [-0.15, -0.1) is 0 Å². The Morgan fingerprint density at radius 2 is 1.89 bits per heavy atom. The number of hydrogen-bond acceptors (Lipinski definition) is 7. The molecule has 0 atom stereocenters. The average molecular weight is 518 g/mol. The first kappa shape index (κ1) is 24.2. The van der Waals surface area contributed by atoms with Crippen LogP contribution in [0.1, 0.15) is 21.5 Å². The van der Waals surface area contributed by atoms with Gasteiger partial charge in [-0.1, -0.05) is 35.9 Å². The number of nitrogens with one attached hydrogen (secondary N) is 1. The number of methoxy groups -OCH3 is 1. The number of hydrogen-bond donors (Lipinski definition) is 1. The number of ether oxygens (including phenoxy) is 2. The molecule has 0 unspecified atom stereocenters. The number of fused-ring (bicyclic) bond motifs is 1. The van der Waals surface area contributed by atoms with E-state index in [9.17, 15) is 9.18 Å². The van der Waals surface area contributed by atoms with Crippen LogP contribution < -0.4 is 10.1 Å². The second-order valence-electron chi connectivity index (χ2n) is 8.16. The van der Waals surface area contributed by atoms with E-state index < -0.39 is 0 Å². The molecule has 0 radical (unpaired) electrons. The van der Waals surface area contributed by atoms with Crippen molar-refractivity contribution in [3.05, 3.63) is 107 Å². The summed E-state index contributed by atoms with van der Waals surface area (Å²) in [4.78, 5) is 20.3. The Labute approximate surface area is 216 Å². The molecule has 10 heteroatoms. The van der Waals surface area contributed by atoms with Gasteiger partial charge in [0.15, 0.2) is 11.3 Å². The van der Waals surface area contributed by atoms with Crippen molar-refractivity contribution in [1.82, 2.24) is 19.7 Å². The maximum atomic E-state index is 13.4. The van der Waals surface area contributed by atoms with Gasteiger partial charge in [0.25, 0.3) is 0 Å². The summed E-state index contributed by atoms with van der Waals surface area (Å²) in [5.41, 5.74) is 4.11. The predicted molar refractivity (Wildman–Crippen MR) is 138 cm³/mol. The van der Waals surface area contributed by atoms with Crippen molar-refractivity contribution in [3.63, 3.8) is 0 Å². The molecule has 2 heterocycles. The number of aromatic nitrogens is 4. The molecule has 0 amide bonds. The maximum absolute atomic E-state index is 13.4. The summed E-state index contributed by atoms with van der Waals surface area (Å²) in [7, 11) is 1.35. The number of anilines is 2. The van der Waals surface area contributed by atoms with Crippen molar-refractivity contribution in [2.24, 2.45) is 0 Å². The fourth-order valence-electron chi connectivity index (χ4n) is 3.73. The van der Waals surface area contributed by atoms with Gasteiger partial charge >= 0.3 is 5.97 Å². The normalized spacial score (nSPS) is 10.9. The molecule has 0 bridgehead atoms. The lowest BCUT2D eigenvalue weighted by Crippen LogP contribution is -2.03. The number of esters is 1. The van der Waals surface area contributed by atoms with E-state index in [-0.39, 0.29) is 18.4 Å². The van der Waals surface area contributed by atoms with Crippen molar-refractivity contribution in [2.45, 2.75) is 13.2 Å². The minimum absolute atomic E-state index is 0.194. The molecule has 186 valence electrons. The molecule has 0 fully saturated rings. The highest BCUT2D eigenvalue weighted by atomic mass is 35.5. The first-order valence-corrected chi connectivity index (χ1v) is 11.7. The third-order valence-corrected chi connectivity index (χ3v) is 5.84. The molecular weight excluding hydrogens is 497 g/mol. The van der Waals surface area contributed by atoms with Gasteiger partial charge in [-0.25, -0.2) is 19.2 Å². The summed E-state index contributed by atoms with van der Waals surface area (Å²) in [5, 5.41) is 8.26. The van der Waals surface area contributed by atoms with Crippen LogP contribution in [0.25, 0.3) is 11.0 Å². The molecule has 0 aliphatic rings. The van der Waals surface area contributed by atoms with E-state index in [0.717, 1.165) is 5.56 Å². The van der Waals surface area contributed by atoms with Crippen LogP contribution in [0.5, 0.6) is 5.75 Å². The zero-order valence-corrected chi connectivity index (χ0v) is 20.4. The SMILES string of the molecule is COC(=O)c1ccc(Cn2cc3ncnc(Nc4ccc(OCc5cccc(F)c5)c(Cl)c4)c3n2)cc1. The molecule has 0 aliphatic carbocycles. The van der Waals surface area contributed by atoms with Crippen LogP contribution in [0.4, 0.5) is 15.9 Å². The van der Waals surface area contributed by atoms with Crippen LogP contribution in [0, 0.1) is 5.82 Å². The van der Waals surface area contributed by atoms with Crippen LogP contribution in [0.2, 0.25) is 5.02 Å². The predicted octanol–water partition coefficient (Wildman–Crippen LogP) is 5.78. The van der Waals surface area contributed by atoms with Crippen molar-refractivity contribution in [1.29, 1.82) is 0 Å². The number of carbonyl (C=O) groups is 1. The highest BCUT2D eigenvalue weighted by molar-refractivity contribution is 6.32. The smallest absolute Gasteiger partial charge is 0.337 e. The van der Waals surface area contributed by atoms with Crippen molar-refractivity contribution in [3.8, 4) is 5.75 Å². The number of nitrogens with zero attached hydrogens (tertiary/aromatic N) is 4. The lowest BCUT2D eigenvalue weighted by molar-refractivity contribution is 0.0600. The van der Waals surface area contributed by atoms with Crippen molar-refractivity contribution >= 4 is 40.1 Å². The van der Waals surface area contributed by atoms with E-state index in [1.165, 1.54) is 25.6 Å². The summed E-state index contributed by atoms with van der Waals surface area (Å²) in [6.45, 7) is 0.681. The molecular formula is C27H21ClFN5O3. The van der Waals surface area contributed by atoms with Crippen LogP contribution >= 0.6 is 11.6 Å². The summed E-state index contributed by atoms with van der Waals surface area (Å²) in [6, 6.07) is 18.6. The molecule has 0 saturated carbocycles. The molecule has 1 N–H and O–H groups in total. The monoisotopic (exact) mass is 517 g/mol. The summed E-state index contributed by atoms with van der Waals surface area (Å²) in [5.74, 6) is 0.302. The minimum Gasteiger partial charge on any atom is -0.487 e. The molecule has 37 heavy (non-hydrogen) atoms. The quantitative estimate of drug-likeness (QED) is 0.261. The molecule has 0 aliphatic heterocycles. The number of rotatable bonds is 8. The first-order valence-electron chi connectivity index (χ1n) is 11.3. The van der Waals surface area contributed by atoms with Crippen molar-refractivity contribution < 1.29 is 18.7 Å². The van der Waals surface area contributed by atoms with Gasteiger partial charge in [-0.2, -0.15) is 5.10 Å². The third kappa shape index (κ3) is 5.68. The van der Waals surface area contributed by atoms with Crippen molar-refractivity contribution in [2.75, 3.05) is 12.4 Å². The Morgan fingerprint density at radius 3 is 2.65 bits per heavy atom. The van der Waals surface area contributed by atoms with E-state index >= 15 is 0 Å². The molecule has 0 spiro atoms. The van der Waals surface area contributed by atoms with E-state index in [2.05, 4.69) is 20.4 Å². The molecule has 5 rings (SSSR count). The number of carbonyl (C=O) groups excluding carboxylic acids is 1. The van der Waals surface area contributed by atoms with Crippen LogP contribution in [0.15, 0.2) is 79.3 Å². The van der Waals surface area contributed by atoms with Gasteiger partial charge in [0.2, 0.25) is 0 Å². The third-order valence-electron chi connectivity index (χ3n) is 5.55. The fraction of sp³-hybridized carbons (Fsp3) is 0.111. The van der Waals surface area contributed by atoms with Gasteiger partial charge in [0, 0.05) is 5.69 Å². The van der Waals surface area contributed by atoms with Crippen LogP contribution in [0.3, 0.4) is 0 Å². The number of benzene rings is 3. The van der Waals surface area contributed by atoms with E-state index in [4.69, 9.17) is 21.1 Å². The summed E-state index contributed by atoms with van der Waals surface area (Å²) >= 11 is 6.43. The lowest BCUT2D eigenvalue weighted by Gasteiger charge is -2.11. The minimum atomic E-state index is -0.381. The summed E-state index contributed by atoms with van der Waals surface area (Å²) in [6.07, 6.45) is 3.28. The second-order valence-corrected chi connectivity index (χ2v) is 8.57. The van der Waals surface area contributed by atoms with Gasteiger partial charge in [-0.05, 0) is 53.6 Å². The Bertz CT molecular complexity index is 1570. The Morgan fingerprint density at radius 1 is 1.05 bits per heavy atom. The van der Waals surface area contributed by atoms with Gasteiger partial charge in [-0.3, -0.25) is 4.68 Å². The largest absolute Gasteiger partial charge is 0.487 e. The average Bonchev–Trinajstić information content (AvgIpc) is 3.32. The second kappa shape index (κ2) is 10.6. The molecule has 8 nitrogen and oxygen atoms in total. The maximum Gasteiger partial charge on any atom is 0.337 e. The molecule has 5 aromatic rings. The first-order chi connectivity index (χ1) is 18.0. The van der Waals surface area contributed by atoms with E-state index in [1.54, 1.807) is 47.1 Å². The zero-order chi connectivity index (χ0) is 25.8. The van der Waals surface area contributed by atoms with Crippen LogP contribution in [-0.4, -0.2) is 32.8 Å². The van der Waals surface area contributed by atoms with Gasteiger partial charge in [0.1, 0.15) is 30.0 Å². The summed E-state index contributed by atoms with van der Waals surface area (Å²) < 4.78 is 25.6. The topological polar surface area (TPSA) is 91.2 Å². The fourth-order valence-corrected chi connectivity index (χ4v) is 3.96. The molecule has 2 aromatic heterocycles. The van der Waals surface area contributed by atoms with Crippen LogP contribution in [-0.2, 0) is 17.9 Å². The Balaban J connectivity index is 1.29. The zero-order valence-electron chi connectivity index (χ0n) is 19.7. The van der Waals surface area contributed by atoms with E-state index in [0.29, 0.717) is 51.0 Å². The van der Waals surface area contributed by atoms with Gasteiger partial charge in [0.05, 0.1) is 30.4 Å². The highest BCUT2D eigenvalue weighted by Crippen LogP contribution is 2.30. The van der Waals surface area contributed by atoms with Gasteiger partial charge < -0.3 is 14.8 Å². The van der Waals surface area contributed by atoms with E-state index in [1.807, 2.05) is 18.3 Å².